The number of hydrogen-bond acceptors (Lipinski definition) is 3. The minimum atomic E-state index is -0.441. The van der Waals surface area contributed by atoms with E-state index in [9.17, 15) is 0 Å². The molecule has 1 aliphatic rings. The monoisotopic (exact) mass is 153 g/mol. The Morgan fingerprint density at radius 1 is 1.56 bits per heavy atom. The molecule has 0 aliphatic carbocycles. The van der Waals surface area contributed by atoms with Crippen LogP contribution in [-0.4, -0.2) is 30.5 Å². The maximum atomic E-state index is 8.93. The van der Waals surface area contributed by atoms with E-state index in [2.05, 4.69) is 0 Å². The SMILES string of the molecule is Cl.N[C@@H]1CCOC[C@H]1O. The van der Waals surface area contributed by atoms with Crippen LogP contribution >= 0.6 is 12.4 Å². The average Bonchev–Trinajstić information content (AvgIpc) is 1.77. The Balaban J connectivity index is 0.000000640. The number of aliphatic hydroxyl groups excluding tert-OH is 1. The molecule has 0 unspecified atom stereocenters. The van der Waals surface area contributed by atoms with Gasteiger partial charge in [0.2, 0.25) is 0 Å². The molecule has 0 aromatic heterocycles. The molecule has 3 N–H and O–H groups in total. The summed E-state index contributed by atoms with van der Waals surface area (Å²) in [6, 6.07) is -0.0660. The lowest BCUT2D eigenvalue weighted by molar-refractivity contribution is -0.0182. The molecular weight excluding hydrogens is 142 g/mol. The Morgan fingerprint density at radius 2 is 2.22 bits per heavy atom. The first kappa shape index (κ1) is 9.17. The first-order valence-electron chi connectivity index (χ1n) is 2.82. The number of rotatable bonds is 0. The molecule has 1 rings (SSSR count). The molecule has 0 amide bonds. The van der Waals surface area contributed by atoms with Crippen LogP contribution in [0.5, 0.6) is 0 Å². The van der Waals surface area contributed by atoms with Crippen molar-refractivity contribution in [3.05, 3.63) is 0 Å². The summed E-state index contributed by atoms with van der Waals surface area (Å²) in [6.07, 6.45) is 0.338. The smallest absolute Gasteiger partial charge is 0.0924 e. The predicted molar refractivity (Wildman–Crippen MR) is 36.7 cm³/mol. The number of halogens is 1. The van der Waals surface area contributed by atoms with Gasteiger partial charge in [-0.15, -0.1) is 12.4 Å². The normalized spacial score (nSPS) is 35.3. The van der Waals surface area contributed by atoms with Gasteiger partial charge in [0, 0.05) is 12.6 Å². The van der Waals surface area contributed by atoms with E-state index in [1.165, 1.54) is 0 Å². The molecule has 0 aromatic rings. The Hall–Kier alpha value is 0.170. The van der Waals surface area contributed by atoms with E-state index in [1.54, 1.807) is 0 Å². The van der Waals surface area contributed by atoms with Crippen LogP contribution in [0.4, 0.5) is 0 Å². The maximum Gasteiger partial charge on any atom is 0.0924 e. The molecule has 0 saturated carbocycles. The van der Waals surface area contributed by atoms with Crippen LogP contribution in [0.3, 0.4) is 0 Å². The van der Waals surface area contributed by atoms with Crippen molar-refractivity contribution in [3.63, 3.8) is 0 Å². The molecule has 1 heterocycles. The number of ether oxygens (including phenoxy) is 1. The molecule has 0 spiro atoms. The second-order valence-corrected chi connectivity index (χ2v) is 2.09. The summed E-state index contributed by atoms with van der Waals surface area (Å²) in [4.78, 5) is 0. The van der Waals surface area contributed by atoms with Crippen molar-refractivity contribution in [2.45, 2.75) is 18.6 Å². The zero-order valence-corrected chi connectivity index (χ0v) is 5.93. The molecular formula is C5H12ClNO2. The zero-order valence-electron chi connectivity index (χ0n) is 5.12. The van der Waals surface area contributed by atoms with Gasteiger partial charge < -0.3 is 15.6 Å². The van der Waals surface area contributed by atoms with Gasteiger partial charge in [0.1, 0.15) is 0 Å². The summed E-state index contributed by atoms with van der Waals surface area (Å²) in [5.41, 5.74) is 5.45. The Morgan fingerprint density at radius 3 is 2.56 bits per heavy atom. The fraction of sp³-hybridized carbons (Fsp3) is 1.00. The van der Waals surface area contributed by atoms with Crippen molar-refractivity contribution < 1.29 is 9.84 Å². The summed E-state index contributed by atoms with van der Waals surface area (Å²) in [5.74, 6) is 0. The molecule has 9 heavy (non-hydrogen) atoms. The Bertz CT molecular complexity index is 71.4. The first-order valence-corrected chi connectivity index (χ1v) is 2.82. The lowest BCUT2D eigenvalue weighted by Gasteiger charge is -2.23. The molecule has 3 nitrogen and oxygen atoms in total. The molecule has 1 aliphatic heterocycles. The summed E-state index contributed by atoms with van der Waals surface area (Å²) in [6.45, 7) is 1.10. The van der Waals surface area contributed by atoms with Gasteiger partial charge in [-0.3, -0.25) is 0 Å². The Labute approximate surface area is 60.6 Å². The molecule has 0 radical (unpaired) electrons. The van der Waals surface area contributed by atoms with Crippen molar-refractivity contribution in [3.8, 4) is 0 Å². The zero-order chi connectivity index (χ0) is 5.98. The topological polar surface area (TPSA) is 55.5 Å². The van der Waals surface area contributed by atoms with Crippen molar-refractivity contribution in [1.82, 2.24) is 0 Å². The largest absolute Gasteiger partial charge is 0.389 e. The van der Waals surface area contributed by atoms with Gasteiger partial charge in [-0.25, -0.2) is 0 Å². The third-order valence-corrected chi connectivity index (χ3v) is 1.38. The fourth-order valence-corrected chi connectivity index (χ4v) is 0.739. The number of aliphatic hydroxyl groups is 1. The van der Waals surface area contributed by atoms with Crippen molar-refractivity contribution in [2.24, 2.45) is 5.73 Å². The highest BCUT2D eigenvalue weighted by molar-refractivity contribution is 5.85. The van der Waals surface area contributed by atoms with Crippen LogP contribution in [0.25, 0.3) is 0 Å². The third-order valence-electron chi connectivity index (χ3n) is 1.38. The average molecular weight is 154 g/mol. The van der Waals surface area contributed by atoms with Crippen molar-refractivity contribution in [1.29, 1.82) is 0 Å². The second kappa shape index (κ2) is 4.06. The molecule has 1 fully saturated rings. The number of nitrogens with two attached hydrogens (primary N) is 1. The standard InChI is InChI=1S/C5H11NO2.ClH/c6-4-1-2-8-3-5(4)7;/h4-5,7H,1-3,6H2;1H/t4-,5-;/m1./s1. The van der Waals surface area contributed by atoms with Crippen LogP contribution in [-0.2, 0) is 4.74 Å². The highest BCUT2D eigenvalue weighted by atomic mass is 35.5. The highest BCUT2D eigenvalue weighted by Crippen LogP contribution is 2.03. The van der Waals surface area contributed by atoms with Gasteiger partial charge >= 0.3 is 0 Å². The van der Waals surface area contributed by atoms with Crippen molar-refractivity contribution >= 4 is 12.4 Å². The van der Waals surface area contributed by atoms with Crippen molar-refractivity contribution in [2.75, 3.05) is 13.2 Å². The van der Waals surface area contributed by atoms with Crippen LogP contribution in [0.15, 0.2) is 0 Å². The van der Waals surface area contributed by atoms with E-state index < -0.39 is 6.10 Å². The lowest BCUT2D eigenvalue weighted by atomic mass is 10.1. The van der Waals surface area contributed by atoms with E-state index >= 15 is 0 Å². The van der Waals surface area contributed by atoms with Crippen LogP contribution in [0, 0.1) is 0 Å². The summed E-state index contributed by atoms with van der Waals surface area (Å²) in [5, 5.41) is 8.93. The highest BCUT2D eigenvalue weighted by Gasteiger charge is 2.18. The van der Waals surface area contributed by atoms with E-state index in [1.807, 2.05) is 0 Å². The summed E-state index contributed by atoms with van der Waals surface area (Å²) in [7, 11) is 0. The Kier molecular flexibility index (Phi) is 4.14. The molecule has 1 saturated heterocycles. The van der Waals surface area contributed by atoms with Gasteiger partial charge in [-0.05, 0) is 6.42 Å². The van der Waals surface area contributed by atoms with Gasteiger partial charge in [0.15, 0.2) is 0 Å². The van der Waals surface area contributed by atoms with E-state index in [0.29, 0.717) is 13.2 Å². The van der Waals surface area contributed by atoms with Gasteiger partial charge in [-0.1, -0.05) is 0 Å². The minimum Gasteiger partial charge on any atom is -0.389 e. The summed E-state index contributed by atoms with van der Waals surface area (Å²) >= 11 is 0. The van der Waals surface area contributed by atoms with Crippen LogP contribution in [0.2, 0.25) is 0 Å². The molecule has 0 bridgehead atoms. The quantitative estimate of drug-likeness (QED) is 0.494. The molecule has 0 aromatic carbocycles. The number of hydrogen-bond donors (Lipinski definition) is 2. The minimum absolute atomic E-state index is 0. The second-order valence-electron chi connectivity index (χ2n) is 2.09. The van der Waals surface area contributed by atoms with Crippen LogP contribution in [0.1, 0.15) is 6.42 Å². The molecule has 56 valence electrons. The van der Waals surface area contributed by atoms with E-state index in [-0.39, 0.29) is 18.4 Å². The van der Waals surface area contributed by atoms with Gasteiger partial charge in [0.25, 0.3) is 0 Å². The first-order chi connectivity index (χ1) is 3.80. The van der Waals surface area contributed by atoms with E-state index in [0.717, 1.165) is 6.42 Å². The maximum absolute atomic E-state index is 8.93. The third kappa shape index (κ3) is 2.49. The molecule has 4 heteroatoms. The summed E-state index contributed by atoms with van der Waals surface area (Å²) < 4.78 is 4.92. The fourth-order valence-electron chi connectivity index (χ4n) is 0.739. The van der Waals surface area contributed by atoms with Gasteiger partial charge in [0.05, 0.1) is 12.7 Å². The van der Waals surface area contributed by atoms with Gasteiger partial charge in [-0.2, -0.15) is 0 Å². The molecule has 2 atom stereocenters. The van der Waals surface area contributed by atoms with E-state index in [4.69, 9.17) is 15.6 Å². The van der Waals surface area contributed by atoms with Crippen LogP contribution < -0.4 is 5.73 Å². The predicted octanol–water partition coefficient (Wildman–Crippen LogP) is -0.483. The lowest BCUT2D eigenvalue weighted by Crippen LogP contribution is -2.42.